The van der Waals surface area contributed by atoms with Gasteiger partial charge in [0.15, 0.2) is 0 Å². The first kappa shape index (κ1) is 18.7. The highest BCUT2D eigenvalue weighted by molar-refractivity contribution is 6.31. The van der Waals surface area contributed by atoms with Crippen LogP contribution in [0.5, 0.6) is 0 Å². The van der Waals surface area contributed by atoms with Crippen molar-refractivity contribution in [2.24, 2.45) is 0 Å². The molecule has 1 rings (SSSR count). The van der Waals surface area contributed by atoms with Crippen molar-refractivity contribution in [1.29, 1.82) is 0 Å². The van der Waals surface area contributed by atoms with E-state index in [2.05, 4.69) is 5.32 Å². The lowest BCUT2D eigenvalue weighted by atomic mass is 10.1. The Balaban J connectivity index is 0.00000172. The monoisotopic (exact) mass is 303 g/mol. The Bertz CT molecular complexity index is 456. The summed E-state index contributed by atoms with van der Waals surface area (Å²) in [5.74, 6) is -0.458. The van der Waals surface area contributed by atoms with Crippen LogP contribution in [0.1, 0.15) is 45.7 Å². The Morgan fingerprint density at radius 3 is 2.40 bits per heavy atom. The normalized spacial score (nSPS) is 10.4. The summed E-state index contributed by atoms with van der Waals surface area (Å²) >= 11 is 5.85. The summed E-state index contributed by atoms with van der Waals surface area (Å²) in [5.41, 5.74) is 0.429. The second-order valence-corrected chi connectivity index (χ2v) is 5.40. The zero-order chi connectivity index (χ0) is 15.9. The molecule has 0 aliphatic carbocycles. The lowest BCUT2D eigenvalue weighted by Gasteiger charge is -2.19. The van der Waals surface area contributed by atoms with Gasteiger partial charge in [0.05, 0.1) is 5.02 Å². The van der Waals surface area contributed by atoms with Gasteiger partial charge in [-0.1, -0.05) is 37.6 Å². The molecule has 1 N–H and O–H groups in total. The number of amides is 1. The van der Waals surface area contributed by atoms with Crippen LogP contribution in [-0.4, -0.2) is 11.7 Å². The van der Waals surface area contributed by atoms with Gasteiger partial charge >= 0.3 is 6.09 Å². The Morgan fingerprint density at radius 2 is 1.90 bits per heavy atom. The topological polar surface area (TPSA) is 38.3 Å². The first-order valence-electron chi connectivity index (χ1n) is 6.61. The van der Waals surface area contributed by atoms with Crippen LogP contribution in [0.4, 0.5) is 9.18 Å². The first-order chi connectivity index (χ1) is 9.20. The molecule has 1 aromatic carbocycles. The highest BCUT2D eigenvalue weighted by Crippen LogP contribution is 2.22. The Kier molecular flexibility index (Phi) is 7.58. The molecule has 0 unspecified atom stereocenters. The quantitative estimate of drug-likeness (QED) is 0.849. The smallest absolute Gasteiger partial charge is 0.407 e. The number of alkyl carbamates (subject to hydrolysis) is 1. The van der Waals surface area contributed by atoms with Crippen LogP contribution in [-0.2, 0) is 11.3 Å². The molecule has 0 heterocycles. The van der Waals surface area contributed by atoms with Crippen LogP contribution in [0.25, 0.3) is 0 Å². The van der Waals surface area contributed by atoms with Gasteiger partial charge in [0, 0.05) is 6.54 Å². The summed E-state index contributed by atoms with van der Waals surface area (Å²) in [6.07, 6.45) is -0.556. The maximum atomic E-state index is 13.5. The number of carbonyl (C=O) groups excluding carboxylic acids is 1. The van der Waals surface area contributed by atoms with Crippen molar-refractivity contribution in [3.05, 3.63) is 34.1 Å². The minimum Gasteiger partial charge on any atom is -0.444 e. The van der Waals surface area contributed by atoms with Crippen molar-refractivity contribution < 1.29 is 13.9 Å². The van der Waals surface area contributed by atoms with Gasteiger partial charge in [0.1, 0.15) is 11.4 Å². The number of carbonyl (C=O) groups is 1. The number of hydrogen-bond donors (Lipinski definition) is 1. The van der Waals surface area contributed by atoms with E-state index in [-0.39, 0.29) is 11.6 Å². The van der Waals surface area contributed by atoms with E-state index in [9.17, 15) is 9.18 Å². The van der Waals surface area contributed by atoms with E-state index in [1.807, 2.05) is 13.8 Å². The highest BCUT2D eigenvalue weighted by Gasteiger charge is 2.16. The van der Waals surface area contributed by atoms with Crippen molar-refractivity contribution in [2.45, 2.75) is 53.7 Å². The maximum absolute atomic E-state index is 13.5. The molecule has 114 valence electrons. The molecule has 3 nitrogen and oxygen atoms in total. The van der Waals surface area contributed by atoms with Gasteiger partial charge in [0.2, 0.25) is 0 Å². The third-order valence-electron chi connectivity index (χ3n) is 2.18. The number of rotatable bonds is 2. The third kappa shape index (κ3) is 6.24. The third-order valence-corrected chi connectivity index (χ3v) is 2.59. The van der Waals surface area contributed by atoms with Crippen molar-refractivity contribution in [3.8, 4) is 0 Å². The predicted molar refractivity (Wildman–Crippen MR) is 80.6 cm³/mol. The molecule has 0 saturated heterocycles. The van der Waals surface area contributed by atoms with Crippen LogP contribution < -0.4 is 5.32 Å². The largest absolute Gasteiger partial charge is 0.444 e. The SMILES string of the molecule is CC.Cc1ccc(CNC(=O)OC(C)(C)C)c(Cl)c1F. The second-order valence-electron chi connectivity index (χ2n) is 5.02. The zero-order valence-electron chi connectivity index (χ0n) is 12.9. The van der Waals surface area contributed by atoms with E-state index >= 15 is 0 Å². The number of halogens is 2. The first-order valence-corrected chi connectivity index (χ1v) is 6.99. The summed E-state index contributed by atoms with van der Waals surface area (Å²) in [6, 6.07) is 3.30. The fraction of sp³-hybridized carbons (Fsp3) is 0.533. The molecule has 1 aromatic rings. The minimum atomic E-state index is -0.563. The molecular weight excluding hydrogens is 281 g/mol. The fourth-order valence-electron chi connectivity index (χ4n) is 1.30. The lowest BCUT2D eigenvalue weighted by molar-refractivity contribution is 0.0523. The van der Waals surface area contributed by atoms with Crippen molar-refractivity contribution in [1.82, 2.24) is 5.32 Å². The average molecular weight is 304 g/mol. The van der Waals surface area contributed by atoms with Crippen molar-refractivity contribution in [3.63, 3.8) is 0 Å². The molecule has 0 radical (unpaired) electrons. The van der Waals surface area contributed by atoms with Crippen LogP contribution >= 0.6 is 11.6 Å². The molecule has 5 heteroatoms. The molecule has 0 fully saturated rings. The number of aryl methyl sites for hydroxylation is 1. The Hall–Kier alpha value is -1.29. The molecule has 20 heavy (non-hydrogen) atoms. The van der Waals surface area contributed by atoms with E-state index in [1.54, 1.807) is 39.8 Å². The fourth-order valence-corrected chi connectivity index (χ4v) is 1.58. The summed E-state index contributed by atoms with van der Waals surface area (Å²) < 4.78 is 18.6. The summed E-state index contributed by atoms with van der Waals surface area (Å²) in [6.45, 7) is 11.1. The summed E-state index contributed by atoms with van der Waals surface area (Å²) in [7, 11) is 0. The number of nitrogens with one attached hydrogen (secondary N) is 1. The standard InChI is InChI=1S/C13H17ClFNO2.C2H6/c1-8-5-6-9(10(14)11(8)15)7-16-12(17)18-13(2,3)4;1-2/h5-6H,7H2,1-4H3,(H,16,17);1-2H3. The van der Waals surface area contributed by atoms with E-state index in [0.717, 1.165) is 0 Å². The zero-order valence-corrected chi connectivity index (χ0v) is 13.7. The van der Waals surface area contributed by atoms with Gasteiger partial charge in [-0.2, -0.15) is 0 Å². The minimum absolute atomic E-state index is 0.0334. The molecule has 0 aliphatic rings. The molecule has 0 spiro atoms. The van der Waals surface area contributed by atoms with Crippen LogP contribution in [0.15, 0.2) is 12.1 Å². The molecule has 1 amide bonds. The van der Waals surface area contributed by atoms with Gasteiger partial charge in [-0.15, -0.1) is 0 Å². The molecule has 0 aliphatic heterocycles. The highest BCUT2D eigenvalue weighted by atomic mass is 35.5. The molecule has 0 bridgehead atoms. The van der Waals surface area contributed by atoms with E-state index in [4.69, 9.17) is 16.3 Å². The number of hydrogen-bond acceptors (Lipinski definition) is 2. The maximum Gasteiger partial charge on any atom is 0.407 e. The number of ether oxygens (including phenoxy) is 1. The van der Waals surface area contributed by atoms with E-state index in [0.29, 0.717) is 11.1 Å². The van der Waals surface area contributed by atoms with Crippen molar-refractivity contribution >= 4 is 17.7 Å². The second kappa shape index (κ2) is 8.10. The Labute approximate surface area is 125 Å². The van der Waals surface area contributed by atoms with Gasteiger partial charge in [-0.25, -0.2) is 9.18 Å². The average Bonchev–Trinajstić information content (AvgIpc) is 2.35. The Morgan fingerprint density at radius 1 is 1.35 bits per heavy atom. The van der Waals surface area contributed by atoms with Gasteiger partial charge < -0.3 is 10.1 Å². The van der Waals surface area contributed by atoms with Gasteiger partial charge in [-0.3, -0.25) is 0 Å². The van der Waals surface area contributed by atoms with Crippen molar-refractivity contribution in [2.75, 3.05) is 0 Å². The predicted octanol–water partition coefficient (Wildman–Crippen LogP) is 4.84. The number of benzene rings is 1. The molecule has 0 saturated carbocycles. The van der Waals surface area contributed by atoms with Crippen LogP contribution in [0.3, 0.4) is 0 Å². The molecule has 0 aromatic heterocycles. The molecular formula is C15H23ClFNO2. The lowest BCUT2D eigenvalue weighted by Crippen LogP contribution is -2.32. The van der Waals surface area contributed by atoms with Crippen LogP contribution in [0, 0.1) is 12.7 Å². The van der Waals surface area contributed by atoms with Gasteiger partial charge in [0.25, 0.3) is 0 Å². The van der Waals surface area contributed by atoms with E-state index < -0.39 is 17.5 Å². The van der Waals surface area contributed by atoms with E-state index in [1.165, 1.54) is 0 Å². The van der Waals surface area contributed by atoms with Crippen LogP contribution in [0.2, 0.25) is 5.02 Å². The summed E-state index contributed by atoms with van der Waals surface area (Å²) in [4.78, 5) is 11.4. The van der Waals surface area contributed by atoms with Gasteiger partial charge in [-0.05, 0) is 38.8 Å². The summed E-state index contributed by atoms with van der Waals surface area (Å²) in [5, 5.41) is 2.56. The molecule has 0 atom stereocenters.